The van der Waals surface area contributed by atoms with Gasteiger partial charge in [0.25, 0.3) is 11.7 Å². The number of Topliss-reactive ketones (excluding diaryl/α,β-unsaturated/α-hetero) is 1. The second-order valence-electron chi connectivity index (χ2n) is 6.82. The molecule has 30 heavy (non-hydrogen) atoms. The number of carbonyl (C=O) groups is 2. The highest BCUT2D eigenvalue weighted by Crippen LogP contribution is 2.39. The first kappa shape index (κ1) is 21.9. The average molecular weight is 430 g/mol. The third kappa shape index (κ3) is 4.50. The van der Waals surface area contributed by atoms with Gasteiger partial charge in [-0.3, -0.25) is 9.59 Å². The van der Waals surface area contributed by atoms with Crippen molar-refractivity contribution in [2.24, 2.45) is 0 Å². The summed E-state index contributed by atoms with van der Waals surface area (Å²) >= 11 is 6.02. The fourth-order valence-electron chi connectivity index (χ4n) is 3.49. The van der Waals surface area contributed by atoms with Gasteiger partial charge in [0.15, 0.2) is 0 Å². The molecule has 1 amide bonds. The maximum absolute atomic E-state index is 12.9. The smallest absolute Gasteiger partial charge is 0.295 e. The summed E-state index contributed by atoms with van der Waals surface area (Å²) in [5.41, 5.74) is 1.19. The topological polar surface area (TPSA) is 76.1 Å². The number of rotatable bonds is 8. The number of nitrogens with zero attached hydrogens (tertiary/aromatic N) is 1. The number of benzene rings is 2. The van der Waals surface area contributed by atoms with Crippen LogP contribution in [0.3, 0.4) is 0 Å². The molecule has 1 heterocycles. The van der Waals surface area contributed by atoms with Crippen molar-refractivity contribution in [3.05, 3.63) is 70.3 Å². The fraction of sp³-hybridized carbons (Fsp3) is 0.304. The number of ether oxygens (including phenoxy) is 2. The zero-order valence-electron chi connectivity index (χ0n) is 16.9. The molecule has 1 saturated heterocycles. The SMILES string of the molecule is CCOCCCN1C(=O)C(=O)C(=C(O)c2ccc(OC)cc2)[C@H]1c1ccc(Cl)cc1. The van der Waals surface area contributed by atoms with Crippen molar-refractivity contribution in [1.82, 2.24) is 4.90 Å². The number of aliphatic hydroxyl groups excluding tert-OH is 1. The number of aliphatic hydroxyl groups is 1. The zero-order valence-corrected chi connectivity index (χ0v) is 17.7. The third-order valence-corrected chi connectivity index (χ3v) is 5.23. The summed E-state index contributed by atoms with van der Waals surface area (Å²) in [5, 5.41) is 11.5. The molecule has 1 atom stereocenters. The van der Waals surface area contributed by atoms with E-state index in [0.717, 1.165) is 0 Å². The molecule has 1 aliphatic rings. The van der Waals surface area contributed by atoms with Crippen LogP contribution in [0.15, 0.2) is 54.1 Å². The lowest BCUT2D eigenvalue weighted by Crippen LogP contribution is -2.31. The van der Waals surface area contributed by atoms with Crippen LogP contribution in [-0.2, 0) is 14.3 Å². The summed E-state index contributed by atoms with van der Waals surface area (Å²) in [6.07, 6.45) is 0.577. The number of methoxy groups -OCH3 is 1. The number of amides is 1. The van der Waals surface area contributed by atoms with Crippen LogP contribution < -0.4 is 4.74 Å². The van der Waals surface area contributed by atoms with E-state index in [9.17, 15) is 14.7 Å². The largest absolute Gasteiger partial charge is 0.507 e. The Hall–Kier alpha value is -2.83. The van der Waals surface area contributed by atoms with Crippen molar-refractivity contribution in [2.45, 2.75) is 19.4 Å². The molecule has 3 rings (SSSR count). The Morgan fingerprint density at radius 2 is 1.77 bits per heavy atom. The summed E-state index contributed by atoms with van der Waals surface area (Å²) in [6, 6.07) is 12.9. The molecule has 1 N–H and O–H groups in total. The molecule has 2 aromatic carbocycles. The molecule has 0 saturated carbocycles. The maximum Gasteiger partial charge on any atom is 0.295 e. The lowest BCUT2D eigenvalue weighted by Gasteiger charge is -2.25. The number of carbonyl (C=O) groups excluding carboxylic acids is 2. The molecule has 6 nitrogen and oxygen atoms in total. The lowest BCUT2D eigenvalue weighted by molar-refractivity contribution is -0.140. The highest BCUT2D eigenvalue weighted by atomic mass is 35.5. The van der Waals surface area contributed by atoms with Gasteiger partial charge in [0.2, 0.25) is 0 Å². The number of hydrogen-bond acceptors (Lipinski definition) is 5. The molecule has 1 fully saturated rings. The Morgan fingerprint density at radius 1 is 1.10 bits per heavy atom. The minimum atomic E-state index is -0.709. The summed E-state index contributed by atoms with van der Waals surface area (Å²) in [4.78, 5) is 27.2. The molecule has 2 aromatic rings. The van der Waals surface area contributed by atoms with Crippen LogP contribution in [-0.4, -0.2) is 48.6 Å². The molecule has 0 aliphatic carbocycles. The van der Waals surface area contributed by atoms with E-state index in [4.69, 9.17) is 21.1 Å². The van der Waals surface area contributed by atoms with Crippen LogP contribution in [0.25, 0.3) is 5.76 Å². The van der Waals surface area contributed by atoms with Gasteiger partial charge < -0.3 is 19.5 Å². The molecular weight excluding hydrogens is 406 g/mol. The first-order valence-electron chi connectivity index (χ1n) is 9.74. The predicted molar refractivity (Wildman–Crippen MR) is 115 cm³/mol. The zero-order chi connectivity index (χ0) is 21.7. The van der Waals surface area contributed by atoms with Crippen molar-refractivity contribution in [3.63, 3.8) is 0 Å². The van der Waals surface area contributed by atoms with Gasteiger partial charge in [-0.25, -0.2) is 0 Å². The van der Waals surface area contributed by atoms with Crippen molar-refractivity contribution in [1.29, 1.82) is 0 Å². The highest BCUT2D eigenvalue weighted by Gasteiger charge is 2.45. The number of halogens is 1. The van der Waals surface area contributed by atoms with E-state index in [1.54, 1.807) is 55.6 Å². The fourth-order valence-corrected chi connectivity index (χ4v) is 3.61. The summed E-state index contributed by atoms with van der Waals surface area (Å²) in [5.74, 6) is -0.943. The molecule has 0 aromatic heterocycles. The maximum atomic E-state index is 12.9. The third-order valence-electron chi connectivity index (χ3n) is 4.98. The lowest BCUT2D eigenvalue weighted by atomic mass is 9.95. The Bertz CT molecular complexity index is 937. The Kier molecular flexibility index (Phi) is 7.13. The van der Waals surface area contributed by atoms with Gasteiger partial charge in [-0.1, -0.05) is 23.7 Å². The molecule has 1 aliphatic heterocycles. The monoisotopic (exact) mass is 429 g/mol. The van der Waals surface area contributed by atoms with Crippen LogP contribution in [0.4, 0.5) is 0 Å². The minimum Gasteiger partial charge on any atom is -0.507 e. The van der Waals surface area contributed by atoms with Crippen LogP contribution in [0.1, 0.15) is 30.5 Å². The van der Waals surface area contributed by atoms with E-state index in [2.05, 4.69) is 0 Å². The molecule has 158 valence electrons. The molecule has 7 heteroatoms. The van der Waals surface area contributed by atoms with E-state index in [-0.39, 0.29) is 11.3 Å². The van der Waals surface area contributed by atoms with Gasteiger partial charge in [-0.15, -0.1) is 0 Å². The van der Waals surface area contributed by atoms with Crippen LogP contribution >= 0.6 is 11.6 Å². The van der Waals surface area contributed by atoms with E-state index in [0.29, 0.717) is 48.1 Å². The van der Waals surface area contributed by atoms with E-state index in [1.165, 1.54) is 4.90 Å². The van der Waals surface area contributed by atoms with E-state index < -0.39 is 17.7 Å². The molecule has 0 spiro atoms. The van der Waals surface area contributed by atoms with Gasteiger partial charge in [0.05, 0.1) is 18.7 Å². The second-order valence-corrected chi connectivity index (χ2v) is 7.26. The van der Waals surface area contributed by atoms with Gasteiger partial charge in [-0.05, 0) is 55.3 Å². The Balaban J connectivity index is 2.04. The van der Waals surface area contributed by atoms with Crippen molar-refractivity contribution in [2.75, 3.05) is 26.9 Å². The standard InChI is InChI=1S/C23H24ClNO5/c1-3-30-14-4-13-25-20(15-5-9-17(24)10-6-15)19(22(27)23(25)28)21(26)16-7-11-18(29-2)12-8-16/h5-12,20,26H,3-4,13-14H2,1-2H3/t20-/m1/s1. The molecular formula is C23H24ClNO5. The number of ketones is 1. The van der Waals surface area contributed by atoms with Gasteiger partial charge >= 0.3 is 0 Å². The number of hydrogen-bond donors (Lipinski definition) is 1. The normalized spacial score (nSPS) is 18.1. The van der Waals surface area contributed by atoms with E-state index >= 15 is 0 Å². The quantitative estimate of drug-likeness (QED) is 0.294. The average Bonchev–Trinajstić information content (AvgIpc) is 3.01. The predicted octanol–water partition coefficient (Wildman–Crippen LogP) is 4.20. The second kappa shape index (κ2) is 9.78. The van der Waals surface area contributed by atoms with Crippen molar-refractivity contribution >= 4 is 29.1 Å². The van der Waals surface area contributed by atoms with Gasteiger partial charge in [0.1, 0.15) is 11.5 Å². The Morgan fingerprint density at radius 3 is 2.37 bits per heavy atom. The summed E-state index contributed by atoms with van der Waals surface area (Å²) < 4.78 is 10.5. The first-order valence-corrected chi connectivity index (χ1v) is 10.1. The van der Waals surface area contributed by atoms with E-state index in [1.807, 2.05) is 6.92 Å². The highest BCUT2D eigenvalue weighted by molar-refractivity contribution is 6.46. The number of likely N-dealkylation sites (tertiary alicyclic amines) is 1. The van der Waals surface area contributed by atoms with Crippen molar-refractivity contribution in [3.8, 4) is 5.75 Å². The Labute approximate surface area is 180 Å². The first-order chi connectivity index (χ1) is 14.5. The van der Waals surface area contributed by atoms with Gasteiger partial charge in [-0.2, -0.15) is 0 Å². The van der Waals surface area contributed by atoms with Gasteiger partial charge in [0, 0.05) is 30.3 Å². The minimum absolute atomic E-state index is 0.0592. The van der Waals surface area contributed by atoms with Crippen molar-refractivity contribution < 1.29 is 24.2 Å². The molecule has 0 bridgehead atoms. The molecule has 0 unspecified atom stereocenters. The van der Waals surface area contributed by atoms with Crippen LogP contribution in [0.5, 0.6) is 5.75 Å². The van der Waals surface area contributed by atoms with Crippen LogP contribution in [0.2, 0.25) is 5.02 Å². The van der Waals surface area contributed by atoms with Crippen LogP contribution in [0, 0.1) is 0 Å². The molecule has 0 radical (unpaired) electrons. The summed E-state index contributed by atoms with van der Waals surface area (Å²) in [6.45, 7) is 3.29. The summed E-state index contributed by atoms with van der Waals surface area (Å²) in [7, 11) is 1.54.